The van der Waals surface area contributed by atoms with Gasteiger partial charge >= 0.3 is 0 Å². The summed E-state index contributed by atoms with van der Waals surface area (Å²) >= 11 is 0. The van der Waals surface area contributed by atoms with Crippen LogP contribution in [0.5, 0.6) is 0 Å². The van der Waals surface area contributed by atoms with Crippen LogP contribution in [-0.2, 0) is 0 Å². The molecule has 2 N–H and O–H groups in total. The van der Waals surface area contributed by atoms with Crippen molar-refractivity contribution in [3.05, 3.63) is 48.0 Å². The number of hydrogen-bond acceptors (Lipinski definition) is 2. The van der Waals surface area contributed by atoms with Crippen LogP contribution in [0.3, 0.4) is 0 Å². The van der Waals surface area contributed by atoms with Crippen LogP contribution in [-0.4, -0.2) is 17.2 Å². The van der Waals surface area contributed by atoms with Gasteiger partial charge in [0.2, 0.25) is 0 Å². The third-order valence-corrected chi connectivity index (χ3v) is 4.38. The Balaban J connectivity index is 1.73. The molecule has 0 saturated carbocycles. The Morgan fingerprint density at radius 3 is 2.75 bits per heavy atom. The zero-order valence-electron chi connectivity index (χ0n) is 12.0. The molecule has 1 fully saturated rings. The number of hydrogen-bond donors (Lipinski definition) is 2. The van der Waals surface area contributed by atoms with Gasteiger partial charge in [0.25, 0.3) is 0 Å². The van der Waals surface area contributed by atoms with Crippen LogP contribution in [0, 0.1) is 0 Å². The highest BCUT2D eigenvalue weighted by atomic mass is 16.3. The monoisotopic (exact) mass is 269 g/mol. The van der Waals surface area contributed by atoms with E-state index in [1.807, 2.05) is 12.1 Å². The number of fused-ring (bicyclic) bond motifs is 1. The van der Waals surface area contributed by atoms with Crippen molar-refractivity contribution >= 4 is 10.8 Å². The lowest BCUT2D eigenvalue weighted by Gasteiger charge is -2.30. The second-order valence-electron chi connectivity index (χ2n) is 6.05. The fraction of sp³-hybridized carbons (Fsp3) is 0.444. The number of benzene rings is 2. The van der Waals surface area contributed by atoms with Crippen LogP contribution in [0.15, 0.2) is 42.5 Å². The van der Waals surface area contributed by atoms with E-state index in [1.165, 1.54) is 30.0 Å². The molecule has 1 saturated heterocycles. The summed E-state index contributed by atoms with van der Waals surface area (Å²) in [7, 11) is 0. The van der Waals surface area contributed by atoms with E-state index >= 15 is 0 Å². The zero-order valence-corrected chi connectivity index (χ0v) is 12.0. The number of rotatable bonds is 3. The largest absolute Gasteiger partial charge is 0.388 e. The molecule has 2 nitrogen and oxygen atoms in total. The number of aliphatic hydroxyl groups is 1. The van der Waals surface area contributed by atoms with Gasteiger partial charge in [-0.25, -0.2) is 0 Å². The summed E-state index contributed by atoms with van der Waals surface area (Å²) in [5.41, 5.74) is 1.03. The Bertz CT molecular complexity index is 580. The van der Waals surface area contributed by atoms with Crippen LogP contribution in [0.25, 0.3) is 10.8 Å². The summed E-state index contributed by atoms with van der Waals surface area (Å²) < 4.78 is 0. The smallest absolute Gasteiger partial charge is 0.0805 e. The maximum absolute atomic E-state index is 10.5. The highest BCUT2D eigenvalue weighted by Crippen LogP contribution is 2.26. The van der Waals surface area contributed by atoms with Crippen molar-refractivity contribution in [3.63, 3.8) is 0 Å². The lowest BCUT2D eigenvalue weighted by molar-refractivity contribution is 0.139. The van der Waals surface area contributed by atoms with E-state index in [2.05, 4.69) is 42.6 Å². The minimum Gasteiger partial charge on any atom is -0.388 e. The molecule has 1 aliphatic rings. The molecule has 1 heterocycles. The van der Waals surface area contributed by atoms with Crippen molar-refractivity contribution in [3.8, 4) is 0 Å². The molecule has 2 aromatic rings. The van der Waals surface area contributed by atoms with Gasteiger partial charge in [-0.05, 0) is 48.6 Å². The molecule has 0 amide bonds. The molecule has 3 atom stereocenters. The summed E-state index contributed by atoms with van der Waals surface area (Å²) in [5.74, 6) is 0. The first-order chi connectivity index (χ1) is 9.72. The van der Waals surface area contributed by atoms with Crippen molar-refractivity contribution in [2.75, 3.05) is 0 Å². The summed E-state index contributed by atoms with van der Waals surface area (Å²) in [4.78, 5) is 0. The highest BCUT2D eigenvalue weighted by molar-refractivity contribution is 5.83. The van der Waals surface area contributed by atoms with E-state index in [1.54, 1.807) is 0 Å². The highest BCUT2D eigenvalue weighted by Gasteiger charge is 2.21. The zero-order chi connectivity index (χ0) is 13.9. The van der Waals surface area contributed by atoms with Gasteiger partial charge in [-0.1, -0.05) is 42.8 Å². The van der Waals surface area contributed by atoms with Gasteiger partial charge in [0.1, 0.15) is 0 Å². The van der Waals surface area contributed by atoms with Crippen molar-refractivity contribution in [2.24, 2.45) is 0 Å². The average molecular weight is 269 g/mol. The fourth-order valence-electron chi connectivity index (χ4n) is 3.25. The van der Waals surface area contributed by atoms with Crippen LogP contribution in [0.2, 0.25) is 0 Å². The van der Waals surface area contributed by atoms with Gasteiger partial charge in [-0.3, -0.25) is 0 Å². The lowest BCUT2D eigenvalue weighted by Crippen LogP contribution is -2.41. The molecular formula is C18H23NO. The van der Waals surface area contributed by atoms with Crippen LogP contribution in [0.4, 0.5) is 0 Å². The second kappa shape index (κ2) is 5.94. The third-order valence-electron chi connectivity index (χ3n) is 4.38. The molecule has 1 aliphatic heterocycles. The first-order valence-electron chi connectivity index (χ1n) is 7.65. The molecule has 0 radical (unpaired) electrons. The van der Waals surface area contributed by atoms with E-state index in [0.717, 1.165) is 12.0 Å². The summed E-state index contributed by atoms with van der Waals surface area (Å²) in [6.07, 6.45) is 4.13. The van der Waals surface area contributed by atoms with Gasteiger partial charge < -0.3 is 10.4 Å². The standard InChI is InChI=1S/C18H23NO/c1-13-5-4-8-17(19-13)12-18(20)16-10-9-14-6-2-3-7-15(14)11-16/h2-3,6-7,9-11,13,17-20H,4-5,8,12H2,1H3. The van der Waals surface area contributed by atoms with Crippen molar-refractivity contribution in [1.82, 2.24) is 5.32 Å². The quantitative estimate of drug-likeness (QED) is 0.888. The molecule has 3 rings (SSSR count). The Labute approximate surface area is 120 Å². The van der Waals surface area contributed by atoms with E-state index in [4.69, 9.17) is 0 Å². The predicted octanol–water partition coefficient (Wildman–Crippen LogP) is 3.79. The Kier molecular flexibility index (Phi) is 4.04. The van der Waals surface area contributed by atoms with E-state index in [9.17, 15) is 5.11 Å². The predicted molar refractivity (Wildman–Crippen MR) is 83.8 cm³/mol. The van der Waals surface area contributed by atoms with Gasteiger partial charge in [0.05, 0.1) is 6.10 Å². The maximum Gasteiger partial charge on any atom is 0.0805 e. The topological polar surface area (TPSA) is 32.3 Å². The second-order valence-corrected chi connectivity index (χ2v) is 6.05. The van der Waals surface area contributed by atoms with E-state index in [0.29, 0.717) is 12.1 Å². The van der Waals surface area contributed by atoms with E-state index in [-0.39, 0.29) is 6.10 Å². The minimum absolute atomic E-state index is 0.373. The molecule has 3 unspecified atom stereocenters. The first kappa shape index (κ1) is 13.6. The first-order valence-corrected chi connectivity index (χ1v) is 7.65. The third kappa shape index (κ3) is 3.02. The van der Waals surface area contributed by atoms with Crippen LogP contribution >= 0.6 is 0 Å². The molecule has 0 aromatic heterocycles. The molecule has 0 aliphatic carbocycles. The maximum atomic E-state index is 10.5. The molecule has 2 aromatic carbocycles. The number of piperidine rings is 1. The minimum atomic E-state index is -0.373. The van der Waals surface area contributed by atoms with Gasteiger partial charge in [-0.15, -0.1) is 0 Å². The SMILES string of the molecule is CC1CCCC(CC(O)c2ccc3ccccc3c2)N1. The van der Waals surface area contributed by atoms with Crippen molar-refractivity contribution < 1.29 is 5.11 Å². The molecular weight excluding hydrogens is 246 g/mol. The number of nitrogens with one attached hydrogen (secondary N) is 1. The lowest BCUT2D eigenvalue weighted by atomic mass is 9.92. The van der Waals surface area contributed by atoms with Crippen molar-refractivity contribution in [2.45, 2.75) is 50.8 Å². The molecule has 106 valence electrons. The number of aliphatic hydroxyl groups excluding tert-OH is 1. The summed E-state index contributed by atoms with van der Waals surface area (Å²) in [6, 6.07) is 15.6. The van der Waals surface area contributed by atoms with Gasteiger partial charge in [0.15, 0.2) is 0 Å². The average Bonchev–Trinajstić information content (AvgIpc) is 2.47. The van der Waals surface area contributed by atoms with Gasteiger partial charge in [0, 0.05) is 12.1 Å². The van der Waals surface area contributed by atoms with Crippen LogP contribution < -0.4 is 5.32 Å². The van der Waals surface area contributed by atoms with Crippen LogP contribution in [0.1, 0.15) is 44.3 Å². The van der Waals surface area contributed by atoms with Crippen molar-refractivity contribution in [1.29, 1.82) is 0 Å². The summed E-state index contributed by atoms with van der Waals surface area (Å²) in [5, 5.41) is 16.5. The molecule has 2 heteroatoms. The Morgan fingerprint density at radius 2 is 1.95 bits per heavy atom. The molecule has 20 heavy (non-hydrogen) atoms. The Hall–Kier alpha value is -1.38. The molecule has 0 spiro atoms. The van der Waals surface area contributed by atoms with E-state index < -0.39 is 0 Å². The fourth-order valence-corrected chi connectivity index (χ4v) is 3.25. The van der Waals surface area contributed by atoms with Gasteiger partial charge in [-0.2, -0.15) is 0 Å². The summed E-state index contributed by atoms with van der Waals surface area (Å²) in [6.45, 7) is 2.23. The normalized spacial score (nSPS) is 24.7. The Morgan fingerprint density at radius 1 is 1.15 bits per heavy atom. The molecule has 0 bridgehead atoms.